The van der Waals surface area contributed by atoms with Gasteiger partial charge in [0.25, 0.3) is 5.91 Å². The maximum atomic E-state index is 11.8. The topological polar surface area (TPSA) is 87.7 Å². The highest BCUT2D eigenvalue weighted by Crippen LogP contribution is 2.13. The van der Waals surface area contributed by atoms with Gasteiger partial charge in [-0.25, -0.2) is 5.48 Å². The first-order valence-corrected chi connectivity index (χ1v) is 7.80. The van der Waals surface area contributed by atoms with Crippen molar-refractivity contribution in [2.45, 2.75) is 13.0 Å². The van der Waals surface area contributed by atoms with Crippen LogP contribution in [0.15, 0.2) is 60.7 Å². The Morgan fingerprint density at radius 2 is 1.80 bits per heavy atom. The van der Waals surface area contributed by atoms with Gasteiger partial charge in [0.15, 0.2) is 0 Å². The molecule has 0 fully saturated rings. The predicted octanol–water partition coefficient (Wildman–Crippen LogP) is 2.40. The van der Waals surface area contributed by atoms with Crippen LogP contribution < -0.4 is 15.5 Å². The first-order chi connectivity index (χ1) is 12.1. The molecule has 2 aromatic rings. The molecule has 0 aromatic heterocycles. The number of benzene rings is 2. The van der Waals surface area contributed by atoms with Crippen molar-refractivity contribution in [3.63, 3.8) is 0 Å². The molecule has 0 saturated heterocycles. The average molecular weight is 340 g/mol. The Morgan fingerprint density at radius 3 is 2.44 bits per heavy atom. The molecule has 0 aliphatic rings. The highest BCUT2D eigenvalue weighted by molar-refractivity contribution is 5.93. The lowest BCUT2D eigenvalue weighted by Gasteiger charge is -2.15. The predicted molar refractivity (Wildman–Crippen MR) is 94.3 cm³/mol. The Morgan fingerprint density at radius 1 is 1.12 bits per heavy atom. The van der Waals surface area contributed by atoms with E-state index in [9.17, 15) is 9.59 Å². The quantitative estimate of drug-likeness (QED) is 0.410. The SMILES string of the molecule is CC(CNC(=O)/C=C/c1ccccc1)Oc1ccc(C(=O)NO)cc1. The standard InChI is InChI=1S/C19H20N2O4/c1-14(25-17-10-8-16(9-11-17)19(23)21-24)13-20-18(22)12-7-15-5-3-2-4-6-15/h2-12,14,24H,13H2,1H3,(H,20,22)(H,21,23)/b12-7+. The maximum absolute atomic E-state index is 11.8. The van der Waals surface area contributed by atoms with Crippen LogP contribution in [0.2, 0.25) is 0 Å². The minimum absolute atomic E-state index is 0.200. The molecular formula is C19H20N2O4. The highest BCUT2D eigenvalue weighted by Gasteiger charge is 2.07. The van der Waals surface area contributed by atoms with E-state index in [0.29, 0.717) is 17.9 Å². The normalized spacial score (nSPS) is 11.8. The Hall–Kier alpha value is -3.12. The van der Waals surface area contributed by atoms with E-state index in [1.54, 1.807) is 23.7 Å². The van der Waals surface area contributed by atoms with Crippen molar-refractivity contribution in [1.82, 2.24) is 10.8 Å². The van der Waals surface area contributed by atoms with Crippen molar-refractivity contribution in [3.05, 3.63) is 71.8 Å². The second-order valence-electron chi connectivity index (χ2n) is 5.38. The average Bonchev–Trinajstić information content (AvgIpc) is 2.65. The lowest BCUT2D eigenvalue weighted by Crippen LogP contribution is -2.32. The molecule has 0 radical (unpaired) electrons. The van der Waals surface area contributed by atoms with Crippen LogP contribution >= 0.6 is 0 Å². The monoisotopic (exact) mass is 340 g/mol. The van der Waals surface area contributed by atoms with E-state index in [-0.39, 0.29) is 12.0 Å². The molecule has 0 heterocycles. The van der Waals surface area contributed by atoms with E-state index in [1.165, 1.54) is 18.2 Å². The van der Waals surface area contributed by atoms with Gasteiger partial charge >= 0.3 is 0 Å². The minimum Gasteiger partial charge on any atom is -0.489 e. The van der Waals surface area contributed by atoms with E-state index < -0.39 is 5.91 Å². The first-order valence-electron chi connectivity index (χ1n) is 7.80. The fourth-order valence-corrected chi connectivity index (χ4v) is 2.06. The van der Waals surface area contributed by atoms with Crippen LogP contribution in [0.25, 0.3) is 6.08 Å². The molecule has 6 heteroatoms. The van der Waals surface area contributed by atoms with Crippen LogP contribution in [-0.4, -0.2) is 29.7 Å². The summed E-state index contributed by atoms with van der Waals surface area (Å²) in [5.74, 6) is -0.220. The molecular weight excluding hydrogens is 320 g/mol. The summed E-state index contributed by atoms with van der Waals surface area (Å²) in [6, 6.07) is 15.9. The molecule has 0 bridgehead atoms. The van der Waals surface area contributed by atoms with Gasteiger partial charge in [-0.05, 0) is 42.8 Å². The number of carbonyl (C=O) groups excluding carboxylic acids is 2. The van der Waals surface area contributed by atoms with Crippen LogP contribution in [0.5, 0.6) is 5.75 Å². The number of nitrogens with one attached hydrogen (secondary N) is 2. The van der Waals surface area contributed by atoms with Crippen molar-refractivity contribution in [2.75, 3.05) is 6.54 Å². The van der Waals surface area contributed by atoms with E-state index in [0.717, 1.165) is 5.56 Å². The summed E-state index contributed by atoms with van der Waals surface area (Å²) in [7, 11) is 0. The molecule has 0 aliphatic carbocycles. The summed E-state index contributed by atoms with van der Waals surface area (Å²) >= 11 is 0. The molecule has 25 heavy (non-hydrogen) atoms. The Labute approximate surface area is 146 Å². The molecule has 0 saturated carbocycles. The smallest absolute Gasteiger partial charge is 0.274 e. The van der Waals surface area contributed by atoms with Gasteiger partial charge in [0, 0.05) is 11.6 Å². The summed E-state index contributed by atoms with van der Waals surface area (Å²) in [6.07, 6.45) is 2.97. The van der Waals surface area contributed by atoms with Gasteiger partial charge in [-0.2, -0.15) is 0 Å². The highest BCUT2D eigenvalue weighted by atomic mass is 16.5. The molecule has 1 unspecified atom stereocenters. The molecule has 130 valence electrons. The Kier molecular flexibility index (Phi) is 6.74. The first kappa shape index (κ1) is 18.2. The van der Waals surface area contributed by atoms with Crippen molar-refractivity contribution in [3.8, 4) is 5.75 Å². The summed E-state index contributed by atoms with van der Waals surface area (Å²) in [5, 5.41) is 11.3. The van der Waals surface area contributed by atoms with Crippen molar-refractivity contribution < 1.29 is 19.5 Å². The van der Waals surface area contributed by atoms with E-state index in [1.807, 2.05) is 37.3 Å². The lowest BCUT2D eigenvalue weighted by molar-refractivity contribution is -0.116. The maximum Gasteiger partial charge on any atom is 0.274 e. The number of rotatable bonds is 7. The molecule has 2 aromatic carbocycles. The largest absolute Gasteiger partial charge is 0.489 e. The second kappa shape index (κ2) is 9.24. The molecule has 3 N–H and O–H groups in total. The summed E-state index contributed by atoms with van der Waals surface area (Å²) in [6.45, 7) is 2.17. The van der Waals surface area contributed by atoms with Gasteiger partial charge in [0.05, 0.1) is 6.54 Å². The van der Waals surface area contributed by atoms with Gasteiger partial charge in [0.1, 0.15) is 11.9 Å². The van der Waals surface area contributed by atoms with Crippen LogP contribution in [0, 0.1) is 0 Å². The number of hydroxylamine groups is 1. The fourth-order valence-electron chi connectivity index (χ4n) is 2.06. The minimum atomic E-state index is -0.586. The second-order valence-corrected chi connectivity index (χ2v) is 5.38. The van der Waals surface area contributed by atoms with Crippen molar-refractivity contribution >= 4 is 17.9 Å². The summed E-state index contributed by atoms with van der Waals surface area (Å²) < 4.78 is 5.66. The zero-order chi connectivity index (χ0) is 18.1. The van der Waals surface area contributed by atoms with Gasteiger partial charge in [-0.15, -0.1) is 0 Å². The van der Waals surface area contributed by atoms with E-state index >= 15 is 0 Å². The zero-order valence-corrected chi connectivity index (χ0v) is 13.8. The third-order valence-electron chi connectivity index (χ3n) is 3.35. The van der Waals surface area contributed by atoms with Crippen molar-refractivity contribution in [2.24, 2.45) is 0 Å². The number of hydrogen-bond acceptors (Lipinski definition) is 4. The summed E-state index contributed by atoms with van der Waals surface area (Å²) in [4.78, 5) is 23.0. The molecule has 1 atom stereocenters. The third-order valence-corrected chi connectivity index (χ3v) is 3.35. The number of ether oxygens (including phenoxy) is 1. The van der Waals surface area contributed by atoms with E-state index in [4.69, 9.17) is 9.94 Å². The molecule has 0 aliphatic heterocycles. The fraction of sp³-hybridized carbons (Fsp3) is 0.158. The van der Waals surface area contributed by atoms with Crippen LogP contribution in [0.3, 0.4) is 0 Å². The van der Waals surface area contributed by atoms with Crippen LogP contribution in [-0.2, 0) is 4.79 Å². The van der Waals surface area contributed by atoms with Crippen molar-refractivity contribution in [1.29, 1.82) is 0 Å². The molecule has 2 rings (SSSR count). The number of carbonyl (C=O) groups is 2. The molecule has 0 spiro atoms. The van der Waals surface area contributed by atoms with Crippen LogP contribution in [0.1, 0.15) is 22.8 Å². The molecule has 6 nitrogen and oxygen atoms in total. The number of hydrogen-bond donors (Lipinski definition) is 3. The molecule has 2 amide bonds. The third kappa shape index (κ3) is 6.12. The summed E-state index contributed by atoms with van der Waals surface area (Å²) in [5.41, 5.74) is 2.84. The van der Waals surface area contributed by atoms with E-state index in [2.05, 4.69) is 5.32 Å². The zero-order valence-electron chi connectivity index (χ0n) is 13.8. The number of amides is 2. The van der Waals surface area contributed by atoms with Crippen LogP contribution in [0.4, 0.5) is 0 Å². The van der Waals surface area contributed by atoms with Gasteiger partial charge < -0.3 is 10.1 Å². The lowest BCUT2D eigenvalue weighted by atomic mass is 10.2. The van der Waals surface area contributed by atoms with Gasteiger partial charge in [-0.1, -0.05) is 30.3 Å². The Bertz CT molecular complexity index is 727. The van der Waals surface area contributed by atoms with Gasteiger partial charge in [0.2, 0.25) is 5.91 Å². The van der Waals surface area contributed by atoms with Gasteiger partial charge in [-0.3, -0.25) is 14.8 Å². The Balaban J connectivity index is 1.78.